The molecule has 1 aromatic rings. The van der Waals surface area contributed by atoms with E-state index in [4.69, 9.17) is 0 Å². The first kappa shape index (κ1) is 15.9. The Morgan fingerprint density at radius 1 is 1.47 bits per heavy atom. The predicted molar refractivity (Wildman–Crippen MR) is 68.9 cm³/mol. The first-order chi connectivity index (χ1) is 7.63. The highest BCUT2D eigenvalue weighted by Gasteiger charge is 2.09. The molecule has 0 bridgehead atoms. The quantitative estimate of drug-likeness (QED) is 0.870. The van der Waals surface area contributed by atoms with E-state index in [1.165, 1.54) is 12.1 Å². The summed E-state index contributed by atoms with van der Waals surface area (Å²) in [4.78, 5) is 13.3. The number of hydrogen-bond donors (Lipinski definition) is 1. The minimum Gasteiger partial charge on any atom is -0.344 e. The van der Waals surface area contributed by atoms with Gasteiger partial charge >= 0.3 is 0 Å². The molecule has 0 aliphatic heterocycles. The summed E-state index contributed by atoms with van der Waals surface area (Å²) in [5, 5.41) is 2.97. The zero-order valence-electron chi connectivity index (χ0n) is 10.1. The number of nitrogens with one attached hydrogen (secondary N) is 1. The van der Waals surface area contributed by atoms with Crippen molar-refractivity contribution in [1.82, 2.24) is 10.2 Å². The van der Waals surface area contributed by atoms with E-state index >= 15 is 0 Å². The fourth-order valence-corrected chi connectivity index (χ4v) is 1.36. The van der Waals surface area contributed by atoms with Crippen LogP contribution in [0.2, 0.25) is 0 Å². The maximum atomic E-state index is 12.9. The Bertz CT molecular complexity index is 360. The van der Waals surface area contributed by atoms with E-state index in [1.54, 1.807) is 24.1 Å². The second-order valence-electron chi connectivity index (χ2n) is 3.73. The highest BCUT2D eigenvalue weighted by atomic mass is 35.5. The van der Waals surface area contributed by atoms with Crippen LogP contribution in [0.1, 0.15) is 5.56 Å². The van der Waals surface area contributed by atoms with Crippen LogP contribution in [0.3, 0.4) is 0 Å². The Labute approximate surface area is 107 Å². The van der Waals surface area contributed by atoms with Crippen LogP contribution in [-0.2, 0) is 11.2 Å². The lowest BCUT2D eigenvalue weighted by atomic mass is 10.1. The molecule has 0 radical (unpaired) electrons. The molecule has 1 aromatic carbocycles. The standard InChI is InChI=1S/C12H17FN2O.ClH/c1-14-6-7-15(2)12(16)9-10-4-3-5-11(13)8-10;/h3-5,8,14H,6-7,9H2,1-2H3;1H. The summed E-state index contributed by atoms with van der Waals surface area (Å²) in [6.45, 7) is 1.41. The van der Waals surface area contributed by atoms with Crippen molar-refractivity contribution in [2.75, 3.05) is 27.2 Å². The van der Waals surface area contributed by atoms with E-state index in [1.807, 2.05) is 7.05 Å². The lowest BCUT2D eigenvalue weighted by Crippen LogP contribution is -2.33. The predicted octanol–water partition coefficient (Wildman–Crippen LogP) is 1.47. The molecule has 0 aliphatic carbocycles. The van der Waals surface area contributed by atoms with Crippen LogP contribution in [0.25, 0.3) is 0 Å². The SMILES string of the molecule is CNCCN(C)C(=O)Cc1cccc(F)c1.Cl. The fourth-order valence-electron chi connectivity index (χ4n) is 1.36. The van der Waals surface area contributed by atoms with E-state index in [0.717, 1.165) is 6.54 Å². The van der Waals surface area contributed by atoms with Crippen LogP contribution < -0.4 is 5.32 Å². The van der Waals surface area contributed by atoms with Crippen molar-refractivity contribution in [3.05, 3.63) is 35.6 Å². The van der Waals surface area contributed by atoms with Gasteiger partial charge in [-0.3, -0.25) is 4.79 Å². The molecule has 1 amide bonds. The number of hydrogen-bond acceptors (Lipinski definition) is 2. The molecule has 17 heavy (non-hydrogen) atoms. The lowest BCUT2D eigenvalue weighted by Gasteiger charge is -2.16. The zero-order valence-corrected chi connectivity index (χ0v) is 10.9. The van der Waals surface area contributed by atoms with Gasteiger partial charge in [-0.15, -0.1) is 12.4 Å². The number of carbonyl (C=O) groups is 1. The summed E-state index contributed by atoms with van der Waals surface area (Å²) in [6, 6.07) is 6.14. The molecule has 0 heterocycles. The van der Waals surface area contributed by atoms with Gasteiger partial charge in [0, 0.05) is 20.1 Å². The minimum atomic E-state index is -0.303. The second kappa shape index (κ2) is 8.03. The van der Waals surface area contributed by atoms with E-state index in [0.29, 0.717) is 12.1 Å². The fraction of sp³-hybridized carbons (Fsp3) is 0.417. The number of nitrogens with zero attached hydrogens (tertiary/aromatic N) is 1. The summed E-state index contributed by atoms with van der Waals surface area (Å²) < 4.78 is 12.9. The van der Waals surface area contributed by atoms with Gasteiger partial charge in [-0.1, -0.05) is 12.1 Å². The number of carbonyl (C=O) groups excluding carboxylic acids is 1. The average molecular weight is 261 g/mol. The van der Waals surface area contributed by atoms with Crippen molar-refractivity contribution in [3.8, 4) is 0 Å². The Kier molecular flexibility index (Phi) is 7.50. The van der Waals surface area contributed by atoms with Crippen molar-refractivity contribution in [1.29, 1.82) is 0 Å². The summed E-state index contributed by atoms with van der Waals surface area (Å²) >= 11 is 0. The van der Waals surface area contributed by atoms with E-state index in [2.05, 4.69) is 5.32 Å². The summed E-state index contributed by atoms with van der Waals surface area (Å²) in [6.07, 6.45) is 0.248. The number of likely N-dealkylation sites (N-methyl/N-ethyl adjacent to an activating group) is 2. The third-order valence-electron chi connectivity index (χ3n) is 2.37. The number of rotatable bonds is 5. The smallest absolute Gasteiger partial charge is 0.226 e. The minimum absolute atomic E-state index is 0. The van der Waals surface area contributed by atoms with Gasteiger partial charge in [0.1, 0.15) is 5.82 Å². The van der Waals surface area contributed by atoms with Gasteiger partial charge in [0.05, 0.1) is 6.42 Å². The molecule has 1 N–H and O–H groups in total. The molecule has 0 unspecified atom stereocenters. The second-order valence-corrected chi connectivity index (χ2v) is 3.73. The van der Waals surface area contributed by atoms with Crippen LogP contribution in [0.5, 0.6) is 0 Å². The molecule has 0 aromatic heterocycles. The van der Waals surface area contributed by atoms with E-state index in [9.17, 15) is 9.18 Å². The van der Waals surface area contributed by atoms with Crippen LogP contribution >= 0.6 is 12.4 Å². The van der Waals surface area contributed by atoms with Crippen molar-refractivity contribution in [2.45, 2.75) is 6.42 Å². The van der Waals surface area contributed by atoms with E-state index < -0.39 is 0 Å². The van der Waals surface area contributed by atoms with Crippen LogP contribution in [0.4, 0.5) is 4.39 Å². The third-order valence-corrected chi connectivity index (χ3v) is 2.37. The highest BCUT2D eigenvalue weighted by molar-refractivity contribution is 5.85. The van der Waals surface area contributed by atoms with Crippen molar-refractivity contribution < 1.29 is 9.18 Å². The van der Waals surface area contributed by atoms with Crippen molar-refractivity contribution >= 4 is 18.3 Å². The average Bonchev–Trinajstić information content (AvgIpc) is 2.25. The largest absolute Gasteiger partial charge is 0.344 e. The third kappa shape index (κ3) is 5.65. The summed E-state index contributed by atoms with van der Waals surface area (Å²) in [5.41, 5.74) is 0.710. The molecule has 0 aliphatic rings. The molecule has 5 heteroatoms. The first-order valence-electron chi connectivity index (χ1n) is 5.26. The van der Waals surface area contributed by atoms with Gasteiger partial charge < -0.3 is 10.2 Å². The highest BCUT2D eigenvalue weighted by Crippen LogP contribution is 2.05. The van der Waals surface area contributed by atoms with Gasteiger partial charge in [0.15, 0.2) is 0 Å². The molecular formula is C12H18ClFN2O. The Balaban J connectivity index is 0.00000256. The number of benzene rings is 1. The maximum absolute atomic E-state index is 12.9. The number of amides is 1. The van der Waals surface area contributed by atoms with Crippen molar-refractivity contribution in [3.63, 3.8) is 0 Å². The summed E-state index contributed by atoms with van der Waals surface area (Å²) in [7, 11) is 3.59. The lowest BCUT2D eigenvalue weighted by molar-refractivity contribution is -0.129. The zero-order chi connectivity index (χ0) is 12.0. The molecule has 3 nitrogen and oxygen atoms in total. The molecule has 0 saturated carbocycles. The molecule has 96 valence electrons. The van der Waals surface area contributed by atoms with E-state index in [-0.39, 0.29) is 30.6 Å². The van der Waals surface area contributed by atoms with Gasteiger partial charge in [0.25, 0.3) is 0 Å². The Hall–Kier alpha value is -1.13. The van der Waals surface area contributed by atoms with Crippen LogP contribution in [0.15, 0.2) is 24.3 Å². The maximum Gasteiger partial charge on any atom is 0.226 e. The molecular weight excluding hydrogens is 243 g/mol. The van der Waals surface area contributed by atoms with Crippen molar-refractivity contribution in [2.24, 2.45) is 0 Å². The summed E-state index contributed by atoms with van der Waals surface area (Å²) in [5.74, 6) is -0.302. The molecule has 0 spiro atoms. The normalized spacial score (nSPS) is 9.59. The molecule has 0 saturated heterocycles. The monoisotopic (exact) mass is 260 g/mol. The molecule has 0 fully saturated rings. The first-order valence-corrected chi connectivity index (χ1v) is 5.26. The Morgan fingerprint density at radius 2 is 2.18 bits per heavy atom. The van der Waals surface area contributed by atoms with Gasteiger partial charge in [0.2, 0.25) is 5.91 Å². The molecule has 1 rings (SSSR count). The van der Waals surface area contributed by atoms with Gasteiger partial charge in [-0.05, 0) is 24.7 Å². The Morgan fingerprint density at radius 3 is 2.76 bits per heavy atom. The van der Waals surface area contributed by atoms with Gasteiger partial charge in [-0.25, -0.2) is 4.39 Å². The van der Waals surface area contributed by atoms with Crippen LogP contribution in [0, 0.1) is 5.82 Å². The molecule has 0 atom stereocenters. The van der Waals surface area contributed by atoms with Crippen LogP contribution in [-0.4, -0.2) is 38.0 Å². The van der Waals surface area contributed by atoms with Gasteiger partial charge in [-0.2, -0.15) is 0 Å². The topological polar surface area (TPSA) is 32.3 Å². The number of halogens is 2.